The van der Waals surface area contributed by atoms with Gasteiger partial charge in [-0.3, -0.25) is 4.79 Å². The predicted octanol–water partition coefficient (Wildman–Crippen LogP) is 7.27. The Bertz CT molecular complexity index is 1690. The Morgan fingerprint density at radius 2 is 1.62 bits per heavy atom. The highest BCUT2D eigenvalue weighted by Gasteiger charge is 2.27. The number of benzene rings is 4. The quantitative estimate of drug-likeness (QED) is 0.194. The number of hydrogen-bond acceptors (Lipinski definition) is 4. The van der Waals surface area contributed by atoms with E-state index in [4.69, 9.17) is 10.7 Å². The molecule has 5 nitrogen and oxygen atoms in total. The smallest absolute Gasteiger partial charge is 0.243 e. The van der Waals surface area contributed by atoms with Crippen LogP contribution in [-0.2, 0) is 11.2 Å². The molecular weight excluding hydrogens is 536 g/mol. The van der Waals surface area contributed by atoms with Crippen LogP contribution in [0.4, 0.5) is 5.69 Å². The minimum absolute atomic E-state index is 0.0312. The number of hydrogen-bond donors (Lipinski definition) is 2. The van der Waals surface area contributed by atoms with E-state index in [-0.39, 0.29) is 5.91 Å². The molecule has 1 heterocycles. The fourth-order valence-electron chi connectivity index (χ4n) is 6.18. The Hall–Kier alpha value is -4.00. The van der Waals surface area contributed by atoms with Crippen LogP contribution in [0.3, 0.4) is 0 Å². The van der Waals surface area contributed by atoms with Gasteiger partial charge in [0, 0.05) is 18.3 Å². The van der Waals surface area contributed by atoms with E-state index in [0.717, 1.165) is 46.7 Å². The minimum atomic E-state index is -0.462. The first-order valence-electron chi connectivity index (χ1n) is 15.0. The van der Waals surface area contributed by atoms with E-state index < -0.39 is 6.04 Å². The van der Waals surface area contributed by atoms with Crippen LogP contribution in [0.1, 0.15) is 37.3 Å². The van der Waals surface area contributed by atoms with Gasteiger partial charge in [0.1, 0.15) is 6.04 Å². The van der Waals surface area contributed by atoms with Crippen LogP contribution in [-0.4, -0.2) is 23.6 Å². The molecule has 6 heteroatoms. The molecule has 3 N–H and O–H groups in total. The van der Waals surface area contributed by atoms with E-state index in [2.05, 4.69) is 69.9 Å². The Labute approximate surface area is 251 Å². The van der Waals surface area contributed by atoms with Crippen molar-refractivity contribution in [2.24, 2.45) is 22.6 Å². The Balaban J connectivity index is 1.43. The van der Waals surface area contributed by atoms with E-state index in [1.807, 2.05) is 48.5 Å². The van der Waals surface area contributed by atoms with Crippen molar-refractivity contribution in [3.63, 3.8) is 0 Å². The SMILES string of the molecule is NCC1CCCC(CNC(=O)[C@@H](Cc2ccccc2)n2c(-c3ccc4ccccc4c3)csc2=Nc2ccccc2)C1. The largest absolute Gasteiger partial charge is 0.354 e. The van der Waals surface area contributed by atoms with E-state index in [1.165, 1.54) is 23.6 Å². The average Bonchev–Trinajstić information content (AvgIpc) is 3.46. The number of nitrogens with one attached hydrogen (secondary N) is 1. The Morgan fingerprint density at radius 3 is 2.40 bits per heavy atom. The van der Waals surface area contributed by atoms with E-state index in [9.17, 15) is 4.79 Å². The molecule has 4 aromatic carbocycles. The molecule has 5 aromatic rings. The van der Waals surface area contributed by atoms with Gasteiger partial charge in [0.05, 0.1) is 11.4 Å². The van der Waals surface area contributed by atoms with Crippen LogP contribution >= 0.6 is 11.3 Å². The highest BCUT2D eigenvalue weighted by molar-refractivity contribution is 7.07. The van der Waals surface area contributed by atoms with Gasteiger partial charge in [-0.05, 0) is 77.7 Å². The van der Waals surface area contributed by atoms with Crippen LogP contribution in [0.25, 0.3) is 22.0 Å². The lowest BCUT2D eigenvalue weighted by Gasteiger charge is -2.29. The maximum absolute atomic E-state index is 14.2. The third kappa shape index (κ3) is 6.56. The lowest BCUT2D eigenvalue weighted by Crippen LogP contribution is -2.40. The number of aromatic nitrogens is 1. The van der Waals surface area contributed by atoms with Gasteiger partial charge in [0.25, 0.3) is 0 Å². The molecule has 42 heavy (non-hydrogen) atoms. The van der Waals surface area contributed by atoms with Crippen LogP contribution in [0.15, 0.2) is 114 Å². The van der Waals surface area contributed by atoms with Gasteiger partial charge < -0.3 is 15.6 Å². The zero-order valence-electron chi connectivity index (χ0n) is 23.9. The molecule has 1 fully saturated rings. The highest BCUT2D eigenvalue weighted by atomic mass is 32.1. The van der Waals surface area contributed by atoms with Crippen molar-refractivity contribution in [1.29, 1.82) is 0 Å². The van der Waals surface area contributed by atoms with Crippen LogP contribution in [0.2, 0.25) is 0 Å². The number of thiazole rings is 1. The second-order valence-electron chi connectivity index (χ2n) is 11.4. The lowest BCUT2D eigenvalue weighted by molar-refractivity contribution is -0.124. The summed E-state index contributed by atoms with van der Waals surface area (Å²) in [6.07, 6.45) is 5.18. The van der Waals surface area contributed by atoms with Crippen LogP contribution in [0, 0.1) is 11.8 Å². The van der Waals surface area contributed by atoms with Crippen molar-refractivity contribution in [3.05, 3.63) is 119 Å². The van der Waals surface area contributed by atoms with E-state index >= 15 is 0 Å². The molecule has 214 valence electrons. The van der Waals surface area contributed by atoms with Gasteiger partial charge in [-0.25, -0.2) is 4.99 Å². The molecule has 0 radical (unpaired) electrons. The van der Waals surface area contributed by atoms with Crippen molar-refractivity contribution < 1.29 is 4.79 Å². The molecule has 3 atom stereocenters. The molecule has 0 bridgehead atoms. The summed E-state index contributed by atoms with van der Waals surface area (Å²) in [6.45, 7) is 1.41. The summed E-state index contributed by atoms with van der Waals surface area (Å²) in [7, 11) is 0. The average molecular weight is 575 g/mol. The molecule has 1 aliphatic carbocycles. The number of nitrogens with zero attached hydrogens (tertiary/aromatic N) is 2. The second-order valence-corrected chi connectivity index (χ2v) is 12.2. The predicted molar refractivity (Wildman–Crippen MR) is 174 cm³/mol. The fourth-order valence-corrected chi connectivity index (χ4v) is 7.14. The molecule has 1 aliphatic rings. The number of rotatable bonds is 9. The van der Waals surface area contributed by atoms with Crippen LogP contribution in [0.5, 0.6) is 0 Å². The molecule has 0 aliphatic heterocycles. The van der Waals surface area contributed by atoms with Crippen molar-refractivity contribution >= 4 is 33.7 Å². The molecule has 1 saturated carbocycles. The number of para-hydroxylation sites is 1. The molecule has 1 amide bonds. The second kappa shape index (κ2) is 13.3. The number of carbonyl (C=O) groups excluding carboxylic acids is 1. The number of nitrogens with two attached hydrogens (primary N) is 1. The number of amides is 1. The molecule has 6 rings (SSSR count). The van der Waals surface area contributed by atoms with Gasteiger partial charge in [-0.2, -0.15) is 0 Å². The van der Waals surface area contributed by atoms with Gasteiger partial charge >= 0.3 is 0 Å². The molecule has 0 spiro atoms. The first-order valence-corrected chi connectivity index (χ1v) is 15.9. The van der Waals surface area contributed by atoms with Crippen molar-refractivity contribution in [1.82, 2.24) is 9.88 Å². The third-order valence-electron chi connectivity index (χ3n) is 8.44. The molecule has 1 aromatic heterocycles. The minimum Gasteiger partial charge on any atom is -0.354 e. The van der Waals surface area contributed by atoms with Crippen molar-refractivity contribution in [2.75, 3.05) is 13.1 Å². The highest BCUT2D eigenvalue weighted by Crippen LogP contribution is 2.30. The van der Waals surface area contributed by atoms with Gasteiger partial charge in [0.15, 0.2) is 4.80 Å². The summed E-state index contributed by atoms with van der Waals surface area (Å²) in [5.41, 5.74) is 10.1. The van der Waals surface area contributed by atoms with Crippen LogP contribution < -0.4 is 15.9 Å². The van der Waals surface area contributed by atoms with Gasteiger partial charge in [0.2, 0.25) is 5.91 Å². The summed E-state index contributed by atoms with van der Waals surface area (Å²) in [6, 6.07) is 34.7. The third-order valence-corrected chi connectivity index (χ3v) is 9.28. The van der Waals surface area contributed by atoms with Gasteiger partial charge in [-0.1, -0.05) is 91.3 Å². The van der Waals surface area contributed by atoms with Crippen molar-refractivity contribution in [2.45, 2.75) is 38.1 Å². The lowest BCUT2D eigenvalue weighted by atomic mass is 9.81. The van der Waals surface area contributed by atoms with Crippen molar-refractivity contribution in [3.8, 4) is 11.3 Å². The first kappa shape index (κ1) is 28.1. The molecule has 0 saturated heterocycles. The number of carbonyl (C=O) groups is 1. The fraction of sp³-hybridized carbons (Fsp3) is 0.278. The number of fused-ring (bicyclic) bond motifs is 1. The Morgan fingerprint density at radius 1 is 0.905 bits per heavy atom. The molecule has 2 unspecified atom stereocenters. The monoisotopic (exact) mass is 574 g/mol. The summed E-state index contributed by atoms with van der Waals surface area (Å²) in [5.74, 6) is 1.06. The zero-order chi connectivity index (χ0) is 28.7. The normalized spacial score (nSPS) is 18.2. The Kier molecular flexibility index (Phi) is 8.92. The zero-order valence-corrected chi connectivity index (χ0v) is 24.7. The summed E-state index contributed by atoms with van der Waals surface area (Å²) >= 11 is 1.58. The van der Waals surface area contributed by atoms with E-state index in [0.29, 0.717) is 24.8 Å². The maximum atomic E-state index is 14.2. The summed E-state index contributed by atoms with van der Waals surface area (Å²) in [5, 5.41) is 7.88. The van der Waals surface area contributed by atoms with E-state index in [1.54, 1.807) is 11.3 Å². The standard InChI is InChI=1S/C36H38N4OS/c37-23-27-12-9-13-28(20-27)24-38-35(41)33(21-26-10-3-1-4-11-26)40-34(25-42-36(40)39-32-16-5-2-6-17-32)31-19-18-29-14-7-8-15-30(29)22-31/h1-8,10-11,14-19,22,25,27-28,33H,9,12-13,20-21,23-24,37H2,(H,38,41)/t27?,28?,33-/m1/s1. The topological polar surface area (TPSA) is 72.4 Å². The first-order chi connectivity index (χ1) is 20.7. The summed E-state index contributed by atoms with van der Waals surface area (Å²) in [4.78, 5) is 20.1. The summed E-state index contributed by atoms with van der Waals surface area (Å²) < 4.78 is 2.16. The van der Waals surface area contributed by atoms with Gasteiger partial charge in [-0.15, -0.1) is 11.3 Å². The molecular formula is C36H38N4OS. The maximum Gasteiger partial charge on any atom is 0.243 e.